The van der Waals surface area contributed by atoms with Crippen LogP contribution in [0.15, 0.2) is 6.07 Å². The number of rotatable bonds is 6. The Morgan fingerprint density at radius 2 is 1.60 bits per heavy atom. The van der Waals surface area contributed by atoms with Crippen molar-refractivity contribution in [3.63, 3.8) is 0 Å². The number of methoxy groups -OCH3 is 2. The molecule has 1 rings (SSSR count). The van der Waals surface area contributed by atoms with E-state index >= 15 is 0 Å². The zero-order valence-electron chi connectivity index (χ0n) is 14.1. The first-order chi connectivity index (χ1) is 11.3. The number of nitrogens with zero attached hydrogens (tertiary/aromatic N) is 4. The number of carbonyl (C=O) groups excluding carboxylic acids is 1. The third-order valence-corrected chi connectivity index (χ3v) is 7.50. The van der Waals surface area contributed by atoms with Crippen LogP contribution in [-0.4, -0.2) is 75.8 Å². The number of hydrogen-bond acceptors (Lipinski definition) is 9. The van der Waals surface area contributed by atoms with Crippen LogP contribution in [-0.2, 0) is 20.4 Å². The average molecular weight is 399 g/mol. The molecule has 0 atom stereocenters. The van der Waals surface area contributed by atoms with Crippen LogP contribution in [0.25, 0.3) is 0 Å². The highest BCUT2D eigenvalue weighted by Gasteiger charge is 2.48. The molecule has 0 saturated heterocycles. The number of aromatic nitrogens is 2. The van der Waals surface area contributed by atoms with Crippen molar-refractivity contribution in [2.24, 2.45) is 5.14 Å². The number of quaternary nitrogens is 1. The van der Waals surface area contributed by atoms with Gasteiger partial charge in [0.05, 0.1) is 20.3 Å². The predicted octanol–water partition coefficient (Wildman–Crippen LogP) is -1.52. The van der Waals surface area contributed by atoms with Gasteiger partial charge in [0.15, 0.2) is 0 Å². The van der Waals surface area contributed by atoms with Crippen molar-refractivity contribution >= 4 is 32.4 Å². The van der Waals surface area contributed by atoms with Crippen molar-refractivity contribution in [1.29, 1.82) is 0 Å². The fourth-order valence-corrected chi connectivity index (χ4v) is 3.57. The Hall–Kier alpha value is -2.23. The lowest BCUT2D eigenvalue weighted by molar-refractivity contribution is -0.623. The fraction of sp³-hybridized carbons (Fsp3) is 0.500. The normalized spacial score (nSPS) is 12.4. The van der Waals surface area contributed by atoms with Gasteiger partial charge >= 0.3 is 26.4 Å². The molecule has 0 radical (unpaired) electrons. The van der Waals surface area contributed by atoms with Gasteiger partial charge in [0, 0.05) is 7.05 Å². The maximum Gasteiger partial charge on any atom is 0.415 e. The maximum absolute atomic E-state index is 12.4. The van der Waals surface area contributed by atoms with Crippen LogP contribution in [0, 0.1) is 0 Å². The Morgan fingerprint density at radius 3 is 1.96 bits per heavy atom. The monoisotopic (exact) mass is 399 g/mol. The Morgan fingerprint density at radius 1 is 1.16 bits per heavy atom. The number of amides is 2. The molecule has 0 saturated carbocycles. The van der Waals surface area contributed by atoms with Crippen molar-refractivity contribution in [1.82, 2.24) is 14.3 Å². The molecule has 1 aromatic rings. The molecule has 1 aromatic heterocycles. The summed E-state index contributed by atoms with van der Waals surface area (Å²) in [6, 6.07) is 0.113. The topological polar surface area (TPSA) is 171 Å². The number of nitrogens with two attached hydrogens (primary N) is 1. The second-order valence-corrected chi connectivity index (χ2v) is 9.45. The van der Waals surface area contributed by atoms with Gasteiger partial charge in [-0.2, -0.15) is 36.2 Å². The summed E-state index contributed by atoms with van der Waals surface area (Å²) >= 11 is 0. The van der Waals surface area contributed by atoms with Gasteiger partial charge in [-0.25, -0.2) is 4.79 Å². The number of hydrogen-bond donors (Lipinski definition) is 2. The Labute approximate surface area is 145 Å². The summed E-state index contributed by atoms with van der Waals surface area (Å²) in [6.45, 7) is 0. The lowest BCUT2D eigenvalue weighted by atomic mass is 10.6. The van der Waals surface area contributed by atoms with Gasteiger partial charge in [-0.05, 0) is 0 Å². The number of nitrogens with one attached hydrogen (secondary N) is 1. The molecule has 0 unspecified atom stereocenters. The predicted molar refractivity (Wildman–Crippen MR) is 86.1 cm³/mol. The third-order valence-electron chi connectivity index (χ3n) is 3.12. The van der Waals surface area contributed by atoms with Gasteiger partial charge in [0.25, 0.3) is 0 Å². The van der Waals surface area contributed by atoms with Crippen molar-refractivity contribution < 1.29 is 34.4 Å². The van der Waals surface area contributed by atoms with Gasteiger partial charge in [-0.1, -0.05) is 3.29 Å². The molecular weight excluding hydrogens is 380 g/mol. The second kappa shape index (κ2) is 6.95. The van der Waals surface area contributed by atoms with E-state index in [1.165, 1.54) is 20.3 Å². The van der Waals surface area contributed by atoms with Gasteiger partial charge in [0.2, 0.25) is 17.7 Å². The molecule has 0 fully saturated rings. The molecule has 0 bridgehead atoms. The van der Waals surface area contributed by atoms with Crippen LogP contribution in [0.1, 0.15) is 0 Å². The lowest BCUT2D eigenvalue weighted by Crippen LogP contribution is -2.59. The minimum absolute atomic E-state index is 0.0494. The van der Waals surface area contributed by atoms with Crippen LogP contribution in [0.2, 0.25) is 0 Å². The van der Waals surface area contributed by atoms with Crippen LogP contribution in [0.5, 0.6) is 11.8 Å². The molecule has 0 spiro atoms. The average Bonchev–Trinajstić information content (AvgIpc) is 2.52. The standard InChI is InChI=1S/C10H18N6O7S2/c1-15(25(20,21)16(2,3)24(11,18)19)10(17)14-9-12-7(22-4)6-8(13-9)23-5/h6H,1-5H3,(H2-,11,12,13,14,17,18,19)/p+1. The van der Waals surface area contributed by atoms with Gasteiger partial charge in [0.1, 0.15) is 14.1 Å². The summed E-state index contributed by atoms with van der Waals surface area (Å²) < 4.78 is 56.0. The smallest absolute Gasteiger partial charge is 0.415 e. The highest BCUT2D eigenvalue weighted by molar-refractivity contribution is 7.96. The van der Waals surface area contributed by atoms with E-state index in [1.54, 1.807) is 0 Å². The Bertz CT molecular complexity index is 845. The first kappa shape index (κ1) is 20.8. The summed E-state index contributed by atoms with van der Waals surface area (Å²) in [7, 11) is -4.20. The minimum atomic E-state index is -4.72. The molecule has 1 heterocycles. The van der Waals surface area contributed by atoms with E-state index in [9.17, 15) is 21.6 Å². The molecule has 25 heavy (non-hydrogen) atoms. The Kier molecular flexibility index (Phi) is 5.78. The fourth-order valence-electron chi connectivity index (χ4n) is 1.37. The van der Waals surface area contributed by atoms with Crippen molar-refractivity contribution in [2.75, 3.05) is 40.7 Å². The van der Waals surface area contributed by atoms with Crippen LogP contribution in [0.3, 0.4) is 0 Å². The Balaban J connectivity index is 3.17. The summed E-state index contributed by atoms with van der Waals surface area (Å²) in [4.78, 5) is 19.8. The number of anilines is 1. The molecule has 3 N–H and O–H groups in total. The lowest BCUT2D eigenvalue weighted by Gasteiger charge is -2.28. The zero-order chi connectivity index (χ0) is 19.6. The van der Waals surface area contributed by atoms with E-state index in [0.29, 0.717) is 0 Å². The van der Waals surface area contributed by atoms with E-state index in [1.807, 2.05) is 0 Å². The molecule has 0 aliphatic heterocycles. The number of ether oxygens (including phenoxy) is 2. The first-order valence-corrected chi connectivity index (χ1v) is 9.32. The molecule has 0 aliphatic carbocycles. The molecular formula is C10H19N6O7S2+. The van der Waals surface area contributed by atoms with Crippen LogP contribution >= 0.6 is 0 Å². The van der Waals surface area contributed by atoms with Crippen molar-refractivity contribution in [3.05, 3.63) is 6.07 Å². The van der Waals surface area contributed by atoms with Crippen molar-refractivity contribution in [3.8, 4) is 11.8 Å². The quantitative estimate of drug-likeness (QED) is 0.539. The first-order valence-electron chi connectivity index (χ1n) is 6.42. The van der Waals surface area contributed by atoms with Crippen LogP contribution < -0.4 is 19.9 Å². The van der Waals surface area contributed by atoms with Gasteiger partial charge < -0.3 is 9.47 Å². The molecule has 15 heteroatoms. The highest BCUT2D eigenvalue weighted by atomic mass is 32.3. The second-order valence-electron chi connectivity index (χ2n) is 4.92. The van der Waals surface area contributed by atoms with Gasteiger partial charge in [-0.3, -0.25) is 5.32 Å². The molecule has 13 nitrogen and oxygen atoms in total. The number of urea groups is 1. The summed E-state index contributed by atoms with van der Waals surface area (Å²) in [5, 5.41) is 7.02. The molecule has 142 valence electrons. The van der Waals surface area contributed by atoms with E-state index in [-0.39, 0.29) is 22.0 Å². The summed E-state index contributed by atoms with van der Waals surface area (Å²) in [6.07, 6.45) is 0. The molecule has 0 aliphatic rings. The molecule has 0 aromatic carbocycles. The zero-order valence-corrected chi connectivity index (χ0v) is 15.8. The van der Waals surface area contributed by atoms with Crippen molar-refractivity contribution in [2.45, 2.75) is 0 Å². The maximum atomic E-state index is 12.4. The van der Waals surface area contributed by atoms with E-state index in [4.69, 9.17) is 14.6 Å². The largest absolute Gasteiger partial charge is 0.481 e. The van der Waals surface area contributed by atoms with Crippen LogP contribution in [0.4, 0.5) is 10.7 Å². The summed E-state index contributed by atoms with van der Waals surface area (Å²) in [5.74, 6) is -0.217. The molecule has 2 amide bonds. The van der Waals surface area contributed by atoms with Gasteiger partial charge in [-0.15, -0.1) is 0 Å². The van der Waals surface area contributed by atoms with E-state index in [2.05, 4.69) is 15.3 Å². The minimum Gasteiger partial charge on any atom is -0.481 e. The third kappa shape index (κ3) is 4.06. The van der Waals surface area contributed by atoms with E-state index < -0.39 is 29.7 Å². The number of carbonyl (C=O) groups is 1. The van der Waals surface area contributed by atoms with E-state index in [0.717, 1.165) is 21.1 Å². The SMILES string of the molecule is COc1cc(OC)nc(NC(=O)N(C)S(=O)(=O)[N+](C)(C)S(N)(=O)=O)n1. The highest BCUT2D eigenvalue weighted by Crippen LogP contribution is 2.20. The summed E-state index contributed by atoms with van der Waals surface area (Å²) in [5.41, 5.74) is 0.